The van der Waals surface area contributed by atoms with E-state index in [1.807, 2.05) is 19.0 Å². The first-order chi connectivity index (χ1) is 8.72. The second-order valence-corrected chi connectivity index (χ2v) is 6.49. The molecule has 0 radical (unpaired) electrons. The summed E-state index contributed by atoms with van der Waals surface area (Å²) in [7, 11) is -0.0810. The standard InChI is InChI=1S/C12H20FN3O2S/c1-9(6-7-16(2)3)15-19(17,18)12-8-10(14)4-5-11(12)13/h4-5,8-9,15H,6-7,14H2,1-3H3. The number of hydrogen-bond acceptors (Lipinski definition) is 4. The summed E-state index contributed by atoms with van der Waals surface area (Å²) in [5.41, 5.74) is 5.70. The number of nitrogens with zero attached hydrogens (tertiary/aromatic N) is 1. The van der Waals surface area contributed by atoms with E-state index < -0.39 is 20.7 Å². The third kappa shape index (κ3) is 4.77. The monoisotopic (exact) mass is 289 g/mol. The summed E-state index contributed by atoms with van der Waals surface area (Å²) >= 11 is 0. The van der Waals surface area contributed by atoms with Crippen molar-refractivity contribution in [2.24, 2.45) is 0 Å². The molecule has 5 nitrogen and oxygen atoms in total. The van der Waals surface area contributed by atoms with Crippen molar-refractivity contribution in [2.45, 2.75) is 24.3 Å². The molecule has 0 aromatic heterocycles. The Hall–Kier alpha value is -1.18. The van der Waals surface area contributed by atoms with Crippen LogP contribution >= 0.6 is 0 Å². The lowest BCUT2D eigenvalue weighted by Crippen LogP contribution is -2.35. The largest absolute Gasteiger partial charge is 0.399 e. The third-order valence-electron chi connectivity index (χ3n) is 2.61. The lowest BCUT2D eigenvalue weighted by atomic mass is 10.2. The van der Waals surface area contributed by atoms with Gasteiger partial charge in [-0.2, -0.15) is 0 Å². The first kappa shape index (κ1) is 15.9. The molecule has 1 rings (SSSR count). The summed E-state index contributed by atoms with van der Waals surface area (Å²) in [6.45, 7) is 2.48. The molecule has 0 aliphatic heterocycles. The topological polar surface area (TPSA) is 75.4 Å². The number of rotatable bonds is 6. The Labute approximate surface area is 113 Å². The summed E-state index contributed by atoms with van der Waals surface area (Å²) in [6, 6.07) is 3.21. The summed E-state index contributed by atoms with van der Waals surface area (Å²) in [4.78, 5) is 1.54. The highest BCUT2D eigenvalue weighted by Crippen LogP contribution is 2.18. The summed E-state index contributed by atoms with van der Waals surface area (Å²) in [5.74, 6) is -0.804. The van der Waals surface area contributed by atoms with E-state index in [1.165, 1.54) is 6.07 Å². The molecule has 0 spiro atoms. The molecule has 0 saturated heterocycles. The van der Waals surface area contributed by atoms with Crippen LogP contribution in [0.5, 0.6) is 0 Å². The van der Waals surface area contributed by atoms with Gasteiger partial charge in [0.2, 0.25) is 10.0 Å². The van der Waals surface area contributed by atoms with Crippen molar-refractivity contribution < 1.29 is 12.8 Å². The lowest BCUT2D eigenvalue weighted by Gasteiger charge is -2.17. The molecule has 1 unspecified atom stereocenters. The van der Waals surface area contributed by atoms with E-state index in [0.29, 0.717) is 6.42 Å². The highest BCUT2D eigenvalue weighted by molar-refractivity contribution is 7.89. The van der Waals surface area contributed by atoms with Crippen LogP contribution in [-0.2, 0) is 10.0 Å². The third-order valence-corrected chi connectivity index (χ3v) is 4.21. The predicted octanol–water partition coefficient (Wildman–Crippen LogP) is 1.03. The van der Waals surface area contributed by atoms with E-state index in [0.717, 1.165) is 18.7 Å². The SMILES string of the molecule is CC(CCN(C)C)NS(=O)(=O)c1cc(N)ccc1F. The zero-order valence-corrected chi connectivity index (χ0v) is 12.2. The van der Waals surface area contributed by atoms with Crippen molar-refractivity contribution in [3.8, 4) is 0 Å². The van der Waals surface area contributed by atoms with Gasteiger partial charge in [-0.05, 0) is 52.2 Å². The molecule has 0 aliphatic carbocycles. The Morgan fingerprint density at radius 1 is 1.42 bits per heavy atom. The van der Waals surface area contributed by atoms with Crippen molar-refractivity contribution >= 4 is 15.7 Å². The minimum Gasteiger partial charge on any atom is -0.399 e. The van der Waals surface area contributed by atoms with Crippen LogP contribution < -0.4 is 10.5 Å². The quantitative estimate of drug-likeness (QED) is 0.767. The smallest absolute Gasteiger partial charge is 0.243 e. The van der Waals surface area contributed by atoms with Crippen LogP contribution in [0.3, 0.4) is 0 Å². The molecule has 0 bridgehead atoms. The van der Waals surface area contributed by atoms with Gasteiger partial charge in [-0.1, -0.05) is 0 Å². The normalized spacial score (nSPS) is 13.7. The number of nitrogens with two attached hydrogens (primary N) is 1. The number of nitrogens with one attached hydrogen (secondary N) is 1. The van der Waals surface area contributed by atoms with Crippen LogP contribution in [0.25, 0.3) is 0 Å². The number of halogens is 1. The van der Waals surface area contributed by atoms with Crippen LogP contribution in [0.15, 0.2) is 23.1 Å². The Morgan fingerprint density at radius 3 is 2.63 bits per heavy atom. The number of anilines is 1. The number of nitrogen functional groups attached to an aromatic ring is 1. The Kier molecular flexibility index (Phi) is 5.28. The Balaban J connectivity index is 2.83. The zero-order chi connectivity index (χ0) is 14.6. The zero-order valence-electron chi connectivity index (χ0n) is 11.4. The molecule has 0 fully saturated rings. The summed E-state index contributed by atoms with van der Waals surface area (Å²) in [6.07, 6.45) is 0.635. The predicted molar refractivity (Wildman–Crippen MR) is 73.8 cm³/mol. The van der Waals surface area contributed by atoms with E-state index >= 15 is 0 Å². The maximum absolute atomic E-state index is 13.5. The molecule has 3 N–H and O–H groups in total. The first-order valence-electron chi connectivity index (χ1n) is 5.94. The minimum atomic E-state index is -3.88. The molecule has 1 aromatic rings. The van der Waals surface area contributed by atoms with Crippen molar-refractivity contribution in [1.29, 1.82) is 0 Å². The number of sulfonamides is 1. The maximum Gasteiger partial charge on any atom is 0.243 e. The van der Waals surface area contributed by atoms with E-state index in [1.54, 1.807) is 6.92 Å². The van der Waals surface area contributed by atoms with Crippen LogP contribution in [-0.4, -0.2) is 40.0 Å². The fourth-order valence-electron chi connectivity index (χ4n) is 1.57. The maximum atomic E-state index is 13.5. The average Bonchev–Trinajstić information content (AvgIpc) is 2.29. The van der Waals surface area contributed by atoms with Gasteiger partial charge >= 0.3 is 0 Å². The van der Waals surface area contributed by atoms with Gasteiger partial charge in [0, 0.05) is 11.7 Å². The fraction of sp³-hybridized carbons (Fsp3) is 0.500. The van der Waals surface area contributed by atoms with Crippen molar-refractivity contribution in [1.82, 2.24) is 9.62 Å². The van der Waals surface area contributed by atoms with Gasteiger partial charge in [-0.25, -0.2) is 17.5 Å². The minimum absolute atomic E-state index is 0.211. The van der Waals surface area contributed by atoms with E-state index in [-0.39, 0.29) is 11.7 Å². The van der Waals surface area contributed by atoms with E-state index in [9.17, 15) is 12.8 Å². The first-order valence-corrected chi connectivity index (χ1v) is 7.43. The lowest BCUT2D eigenvalue weighted by molar-refractivity contribution is 0.378. The highest BCUT2D eigenvalue weighted by Gasteiger charge is 2.21. The molecule has 7 heteroatoms. The van der Waals surface area contributed by atoms with Crippen LogP contribution in [0.4, 0.5) is 10.1 Å². The van der Waals surface area contributed by atoms with E-state index in [4.69, 9.17) is 5.73 Å². The molecule has 0 heterocycles. The Morgan fingerprint density at radius 2 is 2.05 bits per heavy atom. The molecule has 108 valence electrons. The molecule has 0 aliphatic rings. The summed E-state index contributed by atoms with van der Waals surface area (Å²) < 4.78 is 40.1. The van der Waals surface area contributed by atoms with Crippen LogP contribution in [0.2, 0.25) is 0 Å². The Bertz CT molecular complexity index is 532. The second-order valence-electron chi connectivity index (χ2n) is 4.80. The molecular formula is C12H20FN3O2S. The number of benzene rings is 1. The molecule has 1 atom stereocenters. The number of hydrogen-bond donors (Lipinski definition) is 2. The van der Waals surface area contributed by atoms with Crippen molar-refractivity contribution in [2.75, 3.05) is 26.4 Å². The van der Waals surface area contributed by atoms with Crippen LogP contribution in [0, 0.1) is 5.82 Å². The molecular weight excluding hydrogens is 269 g/mol. The van der Waals surface area contributed by atoms with Gasteiger partial charge in [0.1, 0.15) is 10.7 Å². The molecule has 0 saturated carbocycles. The van der Waals surface area contributed by atoms with Crippen LogP contribution in [0.1, 0.15) is 13.3 Å². The van der Waals surface area contributed by atoms with E-state index in [2.05, 4.69) is 4.72 Å². The van der Waals surface area contributed by atoms with Gasteiger partial charge < -0.3 is 10.6 Å². The van der Waals surface area contributed by atoms with Gasteiger partial charge in [-0.15, -0.1) is 0 Å². The van der Waals surface area contributed by atoms with Gasteiger partial charge in [0.05, 0.1) is 0 Å². The van der Waals surface area contributed by atoms with Gasteiger partial charge in [-0.3, -0.25) is 0 Å². The molecule has 0 amide bonds. The highest BCUT2D eigenvalue weighted by atomic mass is 32.2. The molecule has 1 aromatic carbocycles. The average molecular weight is 289 g/mol. The van der Waals surface area contributed by atoms with Gasteiger partial charge in [0.25, 0.3) is 0 Å². The van der Waals surface area contributed by atoms with Crippen molar-refractivity contribution in [3.63, 3.8) is 0 Å². The molecule has 19 heavy (non-hydrogen) atoms. The fourth-order valence-corrected chi connectivity index (χ4v) is 2.96. The van der Waals surface area contributed by atoms with Gasteiger partial charge in [0.15, 0.2) is 0 Å². The van der Waals surface area contributed by atoms with Crippen molar-refractivity contribution in [3.05, 3.63) is 24.0 Å². The second kappa shape index (κ2) is 6.31. The summed E-state index contributed by atoms with van der Waals surface area (Å²) in [5, 5.41) is 0.